The molecule has 0 aromatic heterocycles. The molecule has 0 aliphatic heterocycles. The van der Waals surface area contributed by atoms with E-state index in [1.165, 1.54) is 0 Å². The van der Waals surface area contributed by atoms with Crippen LogP contribution in [-0.2, 0) is 4.79 Å². The fraction of sp³-hybridized carbons (Fsp3) is 0.364. The molecular formula is C11H11ClF3NO2. The number of rotatable bonds is 4. The highest BCUT2D eigenvalue weighted by molar-refractivity contribution is 6.32. The highest BCUT2D eigenvalue weighted by atomic mass is 35.5. The van der Waals surface area contributed by atoms with E-state index >= 15 is 0 Å². The molecule has 0 heterocycles. The van der Waals surface area contributed by atoms with Crippen molar-refractivity contribution < 1.29 is 22.7 Å². The van der Waals surface area contributed by atoms with Crippen molar-refractivity contribution in [3.05, 3.63) is 28.8 Å². The Kier molecular flexibility index (Phi) is 4.84. The zero-order chi connectivity index (χ0) is 13.8. The predicted octanol–water partition coefficient (Wildman–Crippen LogP) is 2.71. The maximum Gasteiger partial charge on any atom is 0.405 e. The van der Waals surface area contributed by atoms with Crippen LogP contribution in [0.4, 0.5) is 13.2 Å². The van der Waals surface area contributed by atoms with Crippen molar-refractivity contribution in [3.8, 4) is 5.75 Å². The summed E-state index contributed by atoms with van der Waals surface area (Å²) in [6.07, 6.45) is -4.43. The van der Waals surface area contributed by atoms with Crippen LogP contribution in [0.2, 0.25) is 5.02 Å². The molecule has 0 saturated carbocycles. The highest BCUT2D eigenvalue weighted by Crippen LogP contribution is 2.25. The molecule has 3 nitrogen and oxygen atoms in total. The molecule has 7 heteroatoms. The van der Waals surface area contributed by atoms with Crippen LogP contribution in [0.1, 0.15) is 5.56 Å². The van der Waals surface area contributed by atoms with Gasteiger partial charge in [-0.05, 0) is 24.6 Å². The minimum Gasteiger partial charge on any atom is -0.482 e. The molecule has 0 saturated heterocycles. The number of nitrogens with one attached hydrogen (secondary N) is 1. The molecule has 0 aliphatic rings. The minimum absolute atomic E-state index is 0.263. The van der Waals surface area contributed by atoms with Gasteiger partial charge in [0.2, 0.25) is 0 Å². The number of aryl methyl sites for hydroxylation is 1. The van der Waals surface area contributed by atoms with Crippen LogP contribution in [0.15, 0.2) is 18.2 Å². The fourth-order valence-corrected chi connectivity index (χ4v) is 1.29. The molecule has 0 aliphatic carbocycles. The third kappa shape index (κ3) is 5.27. The summed E-state index contributed by atoms with van der Waals surface area (Å²) < 4.78 is 40.5. The number of hydrogen-bond donors (Lipinski definition) is 1. The Bertz CT molecular complexity index is 435. The first-order valence-electron chi connectivity index (χ1n) is 5.00. The summed E-state index contributed by atoms with van der Waals surface area (Å²) in [6, 6.07) is 4.93. The molecule has 0 bridgehead atoms. The second kappa shape index (κ2) is 5.95. The first-order valence-corrected chi connectivity index (χ1v) is 5.38. The maximum absolute atomic E-state index is 11.8. The van der Waals surface area contributed by atoms with Gasteiger partial charge in [-0.25, -0.2) is 0 Å². The second-order valence-electron chi connectivity index (χ2n) is 3.61. The quantitative estimate of drug-likeness (QED) is 0.921. The van der Waals surface area contributed by atoms with Gasteiger partial charge < -0.3 is 10.1 Å². The van der Waals surface area contributed by atoms with Crippen molar-refractivity contribution in [1.82, 2.24) is 5.32 Å². The minimum atomic E-state index is -4.43. The van der Waals surface area contributed by atoms with E-state index in [-0.39, 0.29) is 5.75 Å². The van der Waals surface area contributed by atoms with Crippen LogP contribution in [-0.4, -0.2) is 25.2 Å². The maximum atomic E-state index is 11.8. The smallest absolute Gasteiger partial charge is 0.405 e. The van der Waals surface area contributed by atoms with E-state index in [1.54, 1.807) is 30.4 Å². The lowest BCUT2D eigenvalue weighted by atomic mass is 10.2. The van der Waals surface area contributed by atoms with Crippen molar-refractivity contribution in [1.29, 1.82) is 0 Å². The monoisotopic (exact) mass is 281 g/mol. The van der Waals surface area contributed by atoms with Crippen molar-refractivity contribution in [2.45, 2.75) is 13.1 Å². The average Bonchev–Trinajstić information content (AvgIpc) is 2.26. The Hall–Kier alpha value is -1.43. The van der Waals surface area contributed by atoms with Crippen LogP contribution < -0.4 is 10.1 Å². The topological polar surface area (TPSA) is 38.3 Å². The van der Waals surface area contributed by atoms with Crippen molar-refractivity contribution >= 4 is 17.5 Å². The van der Waals surface area contributed by atoms with Crippen LogP contribution in [0.25, 0.3) is 0 Å². The largest absolute Gasteiger partial charge is 0.482 e. The lowest BCUT2D eigenvalue weighted by molar-refractivity contribution is -0.139. The van der Waals surface area contributed by atoms with Crippen LogP contribution in [0, 0.1) is 6.92 Å². The second-order valence-corrected chi connectivity index (χ2v) is 4.02. The van der Waals surface area contributed by atoms with Crippen LogP contribution in [0.5, 0.6) is 5.75 Å². The van der Waals surface area contributed by atoms with Crippen LogP contribution in [0.3, 0.4) is 0 Å². The summed E-state index contributed by atoms with van der Waals surface area (Å²) in [6.45, 7) is -0.0943. The molecule has 1 N–H and O–H groups in total. The van der Waals surface area contributed by atoms with Gasteiger partial charge in [-0.2, -0.15) is 13.2 Å². The van der Waals surface area contributed by atoms with Crippen molar-refractivity contribution in [2.24, 2.45) is 0 Å². The molecule has 0 atom stereocenters. The van der Waals surface area contributed by atoms with Gasteiger partial charge in [0.25, 0.3) is 5.91 Å². The molecule has 1 aromatic carbocycles. The Morgan fingerprint density at radius 2 is 2.11 bits per heavy atom. The molecule has 0 fully saturated rings. The molecule has 18 heavy (non-hydrogen) atoms. The number of hydrogen-bond acceptors (Lipinski definition) is 2. The zero-order valence-electron chi connectivity index (χ0n) is 9.47. The fourth-order valence-electron chi connectivity index (χ4n) is 1.11. The first-order chi connectivity index (χ1) is 8.28. The lowest BCUT2D eigenvalue weighted by Gasteiger charge is -2.10. The number of benzene rings is 1. The molecular weight excluding hydrogens is 271 g/mol. The lowest BCUT2D eigenvalue weighted by Crippen LogP contribution is -2.36. The first kappa shape index (κ1) is 14.6. The Balaban J connectivity index is 2.45. The number of amides is 1. The summed E-state index contributed by atoms with van der Waals surface area (Å²) in [5.74, 6) is -0.594. The van der Waals surface area contributed by atoms with E-state index < -0.39 is 25.2 Å². The van der Waals surface area contributed by atoms with Gasteiger partial charge in [-0.3, -0.25) is 4.79 Å². The molecule has 100 valence electrons. The summed E-state index contributed by atoms with van der Waals surface area (Å²) in [4.78, 5) is 11.1. The van der Waals surface area contributed by atoms with E-state index in [9.17, 15) is 18.0 Å². The normalized spacial score (nSPS) is 11.2. The molecule has 1 amide bonds. The summed E-state index contributed by atoms with van der Waals surface area (Å²) in [5.41, 5.74) is 0.866. The third-order valence-corrected chi connectivity index (χ3v) is 2.24. The van der Waals surface area contributed by atoms with Gasteiger partial charge in [0.15, 0.2) is 6.61 Å². The Morgan fingerprint density at radius 3 is 2.72 bits per heavy atom. The van der Waals surface area contributed by atoms with Crippen LogP contribution >= 0.6 is 11.6 Å². The molecule has 1 rings (SSSR count). The van der Waals surface area contributed by atoms with Gasteiger partial charge in [0.1, 0.15) is 12.3 Å². The molecule has 1 aromatic rings. The summed E-state index contributed by atoms with van der Waals surface area (Å²) in [7, 11) is 0. The van der Waals surface area contributed by atoms with Crippen molar-refractivity contribution in [3.63, 3.8) is 0 Å². The van der Waals surface area contributed by atoms with Gasteiger partial charge in [0.05, 0.1) is 5.02 Å². The predicted molar refractivity (Wildman–Crippen MR) is 60.7 cm³/mol. The highest BCUT2D eigenvalue weighted by Gasteiger charge is 2.27. The number of alkyl halides is 3. The average molecular weight is 282 g/mol. The van der Waals surface area contributed by atoms with E-state index in [0.29, 0.717) is 5.02 Å². The standard InChI is InChI=1S/C11H11ClF3NO2/c1-7-2-3-8(12)9(4-7)18-5-10(17)16-6-11(13,14)15/h2-4H,5-6H2,1H3,(H,16,17). The summed E-state index contributed by atoms with van der Waals surface area (Å²) in [5, 5.41) is 1.99. The number of carbonyl (C=O) groups is 1. The third-order valence-electron chi connectivity index (χ3n) is 1.93. The number of halogens is 4. The number of carbonyl (C=O) groups excluding carboxylic acids is 1. The molecule has 0 spiro atoms. The van der Waals surface area contributed by atoms with E-state index in [4.69, 9.17) is 16.3 Å². The van der Waals surface area contributed by atoms with Crippen molar-refractivity contribution in [2.75, 3.05) is 13.2 Å². The van der Waals surface area contributed by atoms with Gasteiger partial charge in [0, 0.05) is 0 Å². The van der Waals surface area contributed by atoms with E-state index in [2.05, 4.69) is 0 Å². The van der Waals surface area contributed by atoms with Gasteiger partial charge in [-0.1, -0.05) is 17.7 Å². The van der Waals surface area contributed by atoms with Gasteiger partial charge >= 0.3 is 6.18 Å². The summed E-state index contributed by atoms with van der Waals surface area (Å²) >= 11 is 5.79. The SMILES string of the molecule is Cc1ccc(Cl)c(OCC(=O)NCC(F)(F)F)c1. The Labute approximate surface area is 107 Å². The van der Waals surface area contributed by atoms with E-state index in [0.717, 1.165) is 5.56 Å². The van der Waals surface area contributed by atoms with Gasteiger partial charge in [-0.15, -0.1) is 0 Å². The molecule has 0 radical (unpaired) electrons. The zero-order valence-corrected chi connectivity index (χ0v) is 10.2. The Morgan fingerprint density at radius 1 is 1.44 bits per heavy atom. The van der Waals surface area contributed by atoms with E-state index in [1.807, 2.05) is 0 Å². The molecule has 0 unspecified atom stereocenters. The number of ether oxygens (including phenoxy) is 1.